The summed E-state index contributed by atoms with van der Waals surface area (Å²) in [5, 5.41) is 10.6. The standard InChI is InChI=1S/C40H41F3N8O5/c1-48-36-30(51(39(48)55)31-13-15-34(52)46-38(31)54)12-14-32(56-2)35(36)24-16-18-49(19-17-24)21-23-6-9-27(10-7-23)50-22-25-20-26(8-11-28(25)47-50)44-37(53)29-4-3-5-33(45-29)40(41,42)43/h3-5,8,11-12,14,16,20,22-23,27,31H,6-7,9-10,13,15,17-19,21H2,1-2H3,(H,44,53)(H,46,52,54). The molecule has 2 aromatic carbocycles. The van der Waals surface area contributed by atoms with Crippen LogP contribution in [0.25, 0.3) is 27.5 Å². The molecule has 2 fully saturated rings. The van der Waals surface area contributed by atoms with Gasteiger partial charge in [0, 0.05) is 55.9 Å². The summed E-state index contributed by atoms with van der Waals surface area (Å²) in [6.07, 6.45) is 4.75. The number of carbonyl (C=O) groups is 3. The number of imide groups is 1. The van der Waals surface area contributed by atoms with E-state index in [2.05, 4.69) is 26.6 Å². The number of aromatic nitrogens is 5. The van der Waals surface area contributed by atoms with Gasteiger partial charge in [-0.1, -0.05) is 12.1 Å². The van der Waals surface area contributed by atoms with Gasteiger partial charge in [-0.25, -0.2) is 9.78 Å². The summed E-state index contributed by atoms with van der Waals surface area (Å²) in [6.45, 7) is 2.57. The number of anilines is 1. The van der Waals surface area contributed by atoms with Crippen molar-refractivity contribution >= 4 is 50.9 Å². The van der Waals surface area contributed by atoms with Crippen molar-refractivity contribution < 1.29 is 32.3 Å². The van der Waals surface area contributed by atoms with Gasteiger partial charge in [0.15, 0.2) is 0 Å². The molecule has 1 aliphatic carbocycles. The van der Waals surface area contributed by atoms with Crippen molar-refractivity contribution in [2.24, 2.45) is 13.0 Å². The quantitative estimate of drug-likeness (QED) is 0.187. The highest BCUT2D eigenvalue weighted by Gasteiger charge is 2.34. The van der Waals surface area contributed by atoms with E-state index in [9.17, 15) is 32.3 Å². The van der Waals surface area contributed by atoms with E-state index in [1.165, 1.54) is 10.6 Å². The average molecular weight is 771 g/mol. The summed E-state index contributed by atoms with van der Waals surface area (Å²) in [4.78, 5) is 56.8. The van der Waals surface area contributed by atoms with Gasteiger partial charge in [0.1, 0.15) is 23.2 Å². The molecule has 0 bridgehead atoms. The minimum absolute atomic E-state index is 0.173. The lowest BCUT2D eigenvalue weighted by atomic mass is 9.85. The van der Waals surface area contributed by atoms with Gasteiger partial charge in [-0.05, 0) is 92.5 Å². The number of carbonyl (C=O) groups excluding carboxylic acids is 3. The van der Waals surface area contributed by atoms with Crippen molar-refractivity contribution in [3.8, 4) is 5.75 Å². The highest BCUT2D eigenvalue weighted by Crippen LogP contribution is 2.39. The molecule has 2 aliphatic heterocycles. The van der Waals surface area contributed by atoms with Crippen molar-refractivity contribution in [2.45, 2.75) is 63.2 Å². The van der Waals surface area contributed by atoms with Crippen LogP contribution in [-0.4, -0.2) is 73.3 Å². The van der Waals surface area contributed by atoms with Gasteiger partial charge in [0.2, 0.25) is 11.8 Å². The topological polar surface area (TPSA) is 145 Å². The van der Waals surface area contributed by atoms with E-state index in [-0.39, 0.29) is 36.2 Å². The SMILES string of the molecule is COc1ccc2c(c1C1=CCN(CC3CCC(n4cc5cc(NC(=O)c6cccc(C(F)(F)F)n6)ccc5n4)CC3)CC1)n(C)c(=O)n2C1CCC(=O)NC1=O. The summed E-state index contributed by atoms with van der Waals surface area (Å²) in [5.74, 6) is -0.345. The Morgan fingerprint density at radius 3 is 2.54 bits per heavy atom. The number of piperidine rings is 1. The maximum absolute atomic E-state index is 13.6. The maximum atomic E-state index is 13.6. The summed E-state index contributed by atoms with van der Waals surface area (Å²) in [7, 11) is 3.32. The predicted octanol–water partition coefficient (Wildman–Crippen LogP) is 5.86. The lowest BCUT2D eigenvalue weighted by molar-refractivity contribution is -0.141. The minimum atomic E-state index is -4.65. The fourth-order valence-corrected chi connectivity index (χ4v) is 8.45. The number of fused-ring (bicyclic) bond motifs is 2. The first-order chi connectivity index (χ1) is 26.9. The van der Waals surface area contributed by atoms with Crippen LogP contribution in [0.1, 0.15) is 78.8 Å². The number of imidazole rings is 1. The minimum Gasteiger partial charge on any atom is -0.496 e. The molecule has 3 aromatic heterocycles. The molecule has 3 aliphatic rings. The lowest BCUT2D eigenvalue weighted by Crippen LogP contribution is -2.44. The van der Waals surface area contributed by atoms with Gasteiger partial charge < -0.3 is 10.1 Å². The molecule has 0 spiro atoms. The van der Waals surface area contributed by atoms with Crippen LogP contribution < -0.4 is 21.1 Å². The Morgan fingerprint density at radius 2 is 1.82 bits per heavy atom. The highest BCUT2D eigenvalue weighted by molar-refractivity contribution is 6.04. The van der Waals surface area contributed by atoms with E-state index in [0.717, 1.165) is 85.9 Å². The molecule has 3 amide bonds. The third kappa shape index (κ3) is 7.08. The number of nitrogens with one attached hydrogen (secondary N) is 2. The van der Waals surface area contributed by atoms with Gasteiger partial charge in [0.05, 0.1) is 29.7 Å². The highest BCUT2D eigenvalue weighted by atomic mass is 19.4. The molecule has 292 valence electrons. The molecule has 1 atom stereocenters. The van der Waals surface area contributed by atoms with Crippen LogP contribution in [0.15, 0.2) is 65.6 Å². The number of amides is 3. The molecule has 16 heteroatoms. The largest absolute Gasteiger partial charge is 0.496 e. The summed E-state index contributed by atoms with van der Waals surface area (Å²) < 4.78 is 50.1. The van der Waals surface area contributed by atoms with Crippen molar-refractivity contribution in [2.75, 3.05) is 32.1 Å². The number of rotatable bonds is 8. The number of methoxy groups -OCH3 is 1. The molecule has 56 heavy (non-hydrogen) atoms. The molecule has 8 rings (SSSR count). The van der Waals surface area contributed by atoms with E-state index in [1.807, 2.05) is 23.0 Å². The second-order valence-electron chi connectivity index (χ2n) is 14.8. The fraction of sp³-hybridized carbons (Fsp3) is 0.400. The van der Waals surface area contributed by atoms with E-state index >= 15 is 0 Å². The molecule has 1 saturated heterocycles. The van der Waals surface area contributed by atoms with Crippen molar-refractivity contribution in [3.63, 3.8) is 0 Å². The van der Waals surface area contributed by atoms with Crippen molar-refractivity contribution in [3.05, 3.63) is 88.2 Å². The summed E-state index contributed by atoms with van der Waals surface area (Å²) in [6, 6.07) is 11.6. The molecular weight excluding hydrogens is 729 g/mol. The first-order valence-electron chi connectivity index (χ1n) is 18.8. The van der Waals surface area contributed by atoms with Crippen LogP contribution in [0, 0.1) is 5.92 Å². The molecule has 5 aromatic rings. The van der Waals surface area contributed by atoms with Crippen LogP contribution in [0.3, 0.4) is 0 Å². The zero-order chi connectivity index (χ0) is 39.3. The molecule has 1 saturated carbocycles. The Morgan fingerprint density at radius 1 is 1.02 bits per heavy atom. The van der Waals surface area contributed by atoms with Crippen molar-refractivity contribution in [1.82, 2.24) is 34.1 Å². The third-order valence-electron chi connectivity index (χ3n) is 11.3. The van der Waals surface area contributed by atoms with Crippen LogP contribution in [0.2, 0.25) is 0 Å². The molecule has 0 radical (unpaired) electrons. The molecule has 13 nitrogen and oxygen atoms in total. The van der Waals surface area contributed by atoms with Gasteiger partial charge >= 0.3 is 11.9 Å². The van der Waals surface area contributed by atoms with Crippen LogP contribution >= 0.6 is 0 Å². The number of aryl methyl sites for hydroxylation is 1. The monoisotopic (exact) mass is 770 g/mol. The Hall–Kier alpha value is -5.77. The Balaban J connectivity index is 0.901. The van der Waals surface area contributed by atoms with E-state index in [4.69, 9.17) is 9.84 Å². The number of benzene rings is 2. The number of pyridine rings is 1. The smallest absolute Gasteiger partial charge is 0.433 e. The van der Waals surface area contributed by atoms with Gasteiger partial charge in [-0.3, -0.25) is 38.4 Å². The summed E-state index contributed by atoms with van der Waals surface area (Å²) >= 11 is 0. The lowest BCUT2D eigenvalue weighted by Gasteiger charge is -2.34. The zero-order valence-corrected chi connectivity index (χ0v) is 30.9. The normalized spacial score (nSPS) is 20.9. The van der Waals surface area contributed by atoms with Crippen LogP contribution in [0.5, 0.6) is 5.75 Å². The molecule has 5 heterocycles. The Bertz CT molecular complexity index is 2460. The fourth-order valence-electron chi connectivity index (χ4n) is 8.45. The molecule has 1 unspecified atom stereocenters. The first-order valence-corrected chi connectivity index (χ1v) is 18.8. The zero-order valence-electron chi connectivity index (χ0n) is 30.9. The van der Waals surface area contributed by atoms with Crippen LogP contribution in [0.4, 0.5) is 18.9 Å². The number of hydrogen-bond donors (Lipinski definition) is 2. The van der Waals surface area contributed by atoms with Gasteiger partial charge in [-0.15, -0.1) is 0 Å². The second-order valence-corrected chi connectivity index (χ2v) is 14.8. The average Bonchev–Trinajstić information content (AvgIpc) is 3.72. The van der Waals surface area contributed by atoms with Crippen molar-refractivity contribution in [1.29, 1.82) is 0 Å². The van der Waals surface area contributed by atoms with Gasteiger partial charge in [-0.2, -0.15) is 18.3 Å². The number of ether oxygens (including phenoxy) is 1. The Labute approximate surface area is 319 Å². The van der Waals surface area contributed by atoms with E-state index in [1.54, 1.807) is 36.9 Å². The van der Waals surface area contributed by atoms with E-state index < -0.39 is 29.7 Å². The maximum Gasteiger partial charge on any atom is 0.433 e. The molecule has 2 N–H and O–H groups in total. The third-order valence-corrected chi connectivity index (χ3v) is 11.3. The number of nitrogens with zero attached hydrogens (tertiary/aromatic N) is 6. The predicted molar refractivity (Wildman–Crippen MR) is 202 cm³/mol. The Kier molecular flexibility index (Phi) is 9.76. The van der Waals surface area contributed by atoms with Crippen LogP contribution in [-0.2, 0) is 22.8 Å². The number of hydrogen-bond acceptors (Lipinski definition) is 8. The van der Waals surface area contributed by atoms with E-state index in [0.29, 0.717) is 28.4 Å². The molecular formula is C40H41F3N8O5. The summed E-state index contributed by atoms with van der Waals surface area (Å²) in [5.41, 5.74) is 2.72. The first kappa shape index (κ1) is 37.2. The number of halogens is 3. The number of alkyl halides is 3. The van der Waals surface area contributed by atoms with Gasteiger partial charge in [0.25, 0.3) is 5.91 Å². The second kappa shape index (κ2) is 14.7.